The lowest BCUT2D eigenvalue weighted by Gasteiger charge is -2.20. The lowest BCUT2D eigenvalue weighted by atomic mass is 10.1. The Morgan fingerprint density at radius 2 is 1.93 bits per heavy atom. The molecule has 0 fully saturated rings. The van der Waals surface area contributed by atoms with Crippen LogP contribution in [0.1, 0.15) is 21.6 Å². The van der Waals surface area contributed by atoms with Gasteiger partial charge in [0, 0.05) is 30.3 Å². The Morgan fingerprint density at radius 1 is 1.10 bits per heavy atom. The van der Waals surface area contributed by atoms with Crippen LogP contribution < -0.4 is 5.32 Å². The molecule has 1 aliphatic heterocycles. The van der Waals surface area contributed by atoms with Gasteiger partial charge in [-0.1, -0.05) is 18.2 Å². The van der Waals surface area contributed by atoms with E-state index in [1.807, 2.05) is 30.3 Å². The van der Waals surface area contributed by atoms with Crippen molar-refractivity contribution in [1.29, 1.82) is 0 Å². The highest BCUT2D eigenvalue weighted by Crippen LogP contribution is 2.36. The van der Waals surface area contributed by atoms with E-state index in [4.69, 9.17) is 0 Å². The molecule has 9 nitrogen and oxygen atoms in total. The van der Waals surface area contributed by atoms with Crippen molar-refractivity contribution in [1.82, 2.24) is 24.9 Å². The largest absolute Gasteiger partial charge is 0.508 e. The number of carbonyl (C=O) groups is 1. The monoisotopic (exact) mass is 402 g/mol. The second-order valence-corrected chi connectivity index (χ2v) is 7.01. The number of benzene rings is 2. The number of anilines is 2. The van der Waals surface area contributed by atoms with Crippen LogP contribution in [0.3, 0.4) is 0 Å². The van der Waals surface area contributed by atoms with Crippen LogP contribution in [0.25, 0.3) is 5.69 Å². The predicted molar refractivity (Wildman–Crippen MR) is 109 cm³/mol. The molecule has 150 valence electrons. The number of hydrogen-bond acceptors (Lipinski definition) is 6. The number of H-pyrrole nitrogens is 1. The molecule has 5 rings (SSSR count). The maximum atomic E-state index is 13.2. The number of aromatic hydroxyl groups is 2. The number of aromatic amines is 1. The highest BCUT2D eigenvalue weighted by atomic mass is 16.3. The lowest BCUT2D eigenvalue weighted by molar-refractivity contribution is 0.0747. The van der Waals surface area contributed by atoms with Gasteiger partial charge in [0.2, 0.25) is 0 Å². The number of rotatable bonds is 4. The van der Waals surface area contributed by atoms with E-state index in [9.17, 15) is 15.0 Å². The first-order chi connectivity index (χ1) is 14.6. The van der Waals surface area contributed by atoms with Gasteiger partial charge in [0.15, 0.2) is 0 Å². The van der Waals surface area contributed by atoms with Gasteiger partial charge < -0.3 is 20.4 Å². The van der Waals surface area contributed by atoms with Crippen molar-refractivity contribution in [2.75, 3.05) is 5.32 Å². The molecule has 0 unspecified atom stereocenters. The molecule has 9 heteroatoms. The van der Waals surface area contributed by atoms with Crippen molar-refractivity contribution >= 4 is 17.4 Å². The molecule has 0 saturated heterocycles. The predicted octanol–water partition coefficient (Wildman–Crippen LogP) is 2.91. The molecule has 3 heterocycles. The summed E-state index contributed by atoms with van der Waals surface area (Å²) in [4.78, 5) is 14.8. The number of amides is 1. The van der Waals surface area contributed by atoms with Gasteiger partial charge in [-0.25, -0.2) is 4.68 Å². The first kappa shape index (κ1) is 17.8. The highest BCUT2D eigenvalue weighted by Gasteiger charge is 2.29. The molecular weight excluding hydrogens is 384 g/mol. The summed E-state index contributed by atoms with van der Waals surface area (Å²) in [6.07, 6.45) is 3.32. The quantitative estimate of drug-likeness (QED) is 0.417. The molecular formula is C21H18N6O3. The van der Waals surface area contributed by atoms with Gasteiger partial charge in [-0.15, -0.1) is 0 Å². The summed E-state index contributed by atoms with van der Waals surface area (Å²) < 4.78 is 1.67. The molecule has 0 aliphatic carbocycles. The smallest absolute Gasteiger partial charge is 0.260 e. The fourth-order valence-electron chi connectivity index (χ4n) is 3.61. The summed E-state index contributed by atoms with van der Waals surface area (Å²) in [6.45, 7) is 0.766. The molecule has 2 aromatic carbocycles. The summed E-state index contributed by atoms with van der Waals surface area (Å²) in [5.41, 5.74) is 3.00. The van der Waals surface area contributed by atoms with Crippen molar-refractivity contribution in [2.24, 2.45) is 0 Å². The van der Waals surface area contributed by atoms with Crippen LogP contribution in [-0.2, 0) is 13.1 Å². The van der Waals surface area contributed by atoms with Crippen molar-refractivity contribution in [3.8, 4) is 17.2 Å². The lowest BCUT2D eigenvalue weighted by Crippen LogP contribution is -2.26. The van der Waals surface area contributed by atoms with Crippen LogP contribution in [0.5, 0.6) is 11.5 Å². The standard InChI is InChI=1S/C21H18N6O3/c28-15-8-16(24-19-6-7-23-27(19)14-4-2-1-3-5-14)20(18(29)9-15)21(30)26-11-13-10-22-25-17(13)12-26/h1-10,24,28-29H,11-12H2,(H,22,25). The third-order valence-corrected chi connectivity index (χ3v) is 5.03. The molecule has 30 heavy (non-hydrogen) atoms. The fraction of sp³-hybridized carbons (Fsp3) is 0.0952. The van der Waals surface area contributed by atoms with E-state index in [1.165, 1.54) is 6.07 Å². The fourth-order valence-corrected chi connectivity index (χ4v) is 3.61. The number of carbonyl (C=O) groups excluding carboxylic acids is 1. The maximum absolute atomic E-state index is 13.2. The van der Waals surface area contributed by atoms with Gasteiger partial charge in [-0.05, 0) is 12.1 Å². The molecule has 0 radical (unpaired) electrons. The average molecular weight is 402 g/mol. The molecule has 1 amide bonds. The Bertz CT molecular complexity index is 1210. The normalized spacial score (nSPS) is 12.7. The Morgan fingerprint density at radius 3 is 2.73 bits per heavy atom. The second-order valence-electron chi connectivity index (χ2n) is 7.01. The number of phenolic OH excluding ortho intramolecular Hbond substituents is 2. The van der Waals surface area contributed by atoms with Crippen molar-refractivity contribution in [2.45, 2.75) is 13.1 Å². The minimum atomic E-state index is -0.356. The molecule has 4 aromatic rings. The van der Waals surface area contributed by atoms with Gasteiger partial charge in [0.1, 0.15) is 22.9 Å². The van der Waals surface area contributed by atoms with Crippen LogP contribution in [0.2, 0.25) is 0 Å². The van der Waals surface area contributed by atoms with Gasteiger partial charge in [-0.3, -0.25) is 9.89 Å². The Labute approximate surface area is 171 Å². The van der Waals surface area contributed by atoms with E-state index in [2.05, 4.69) is 20.6 Å². The first-order valence-electron chi connectivity index (χ1n) is 9.33. The Kier molecular flexibility index (Phi) is 4.13. The maximum Gasteiger partial charge on any atom is 0.260 e. The van der Waals surface area contributed by atoms with Gasteiger partial charge in [-0.2, -0.15) is 10.2 Å². The van der Waals surface area contributed by atoms with Gasteiger partial charge in [0.25, 0.3) is 5.91 Å². The van der Waals surface area contributed by atoms with E-state index in [1.54, 1.807) is 28.0 Å². The number of fused-ring (bicyclic) bond motifs is 1. The summed E-state index contributed by atoms with van der Waals surface area (Å²) in [7, 11) is 0. The third kappa shape index (κ3) is 3.02. The number of nitrogens with one attached hydrogen (secondary N) is 2. The number of aromatic nitrogens is 4. The Balaban J connectivity index is 1.50. The molecule has 0 saturated carbocycles. The molecule has 0 atom stereocenters. The summed E-state index contributed by atoms with van der Waals surface area (Å²) >= 11 is 0. The van der Waals surface area contributed by atoms with E-state index < -0.39 is 0 Å². The average Bonchev–Trinajstić information content (AvgIpc) is 3.44. The zero-order valence-electron chi connectivity index (χ0n) is 15.8. The number of nitrogens with zero attached hydrogens (tertiary/aromatic N) is 4. The van der Waals surface area contributed by atoms with Crippen LogP contribution in [-0.4, -0.2) is 41.0 Å². The van der Waals surface area contributed by atoms with Crippen LogP contribution in [0, 0.1) is 0 Å². The Hall–Kier alpha value is -4.27. The molecule has 0 bridgehead atoms. The van der Waals surface area contributed by atoms with Gasteiger partial charge >= 0.3 is 0 Å². The van der Waals surface area contributed by atoms with Crippen molar-refractivity contribution in [3.63, 3.8) is 0 Å². The molecule has 1 aliphatic rings. The topological polar surface area (TPSA) is 119 Å². The zero-order valence-corrected chi connectivity index (χ0v) is 15.8. The van der Waals surface area contributed by atoms with E-state index in [-0.39, 0.29) is 28.7 Å². The van der Waals surface area contributed by atoms with Crippen LogP contribution >= 0.6 is 0 Å². The van der Waals surface area contributed by atoms with Crippen LogP contribution in [0.4, 0.5) is 11.5 Å². The SMILES string of the molecule is O=C(c1c(O)cc(O)cc1Nc1ccnn1-c1ccccc1)N1Cc2cn[nH]c2C1. The summed E-state index contributed by atoms with van der Waals surface area (Å²) in [5.74, 6) is -0.239. The number of hydrogen-bond donors (Lipinski definition) is 4. The minimum Gasteiger partial charge on any atom is -0.508 e. The van der Waals surface area contributed by atoms with E-state index >= 15 is 0 Å². The third-order valence-electron chi connectivity index (χ3n) is 5.03. The zero-order chi connectivity index (χ0) is 20.7. The molecule has 0 spiro atoms. The van der Waals surface area contributed by atoms with Crippen molar-refractivity contribution < 1.29 is 15.0 Å². The summed E-state index contributed by atoms with van der Waals surface area (Å²) in [5, 5.41) is 34.8. The molecule has 2 aromatic heterocycles. The van der Waals surface area contributed by atoms with Crippen molar-refractivity contribution in [3.05, 3.63) is 77.7 Å². The van der Waals surface area contributed by atoms with Gasteiger partial charge in [0.05, 0.1) is 36.0 Å². The summed E-state index contributed by atoms with van der Waals surface area (Å²) in [6, 6.07) is 13.8. The highest BCUT2D eigenvalue weighted by molar-refractivity contribution is 6.03. The number of phenols is 2. The van der Waals surface area contributed by atoms with E-state index in [0.717, 1.165) is 23.0 Å². The first-order valence-corrected chi connectivity index (χ1v) is 9.33. The molecule has 4 N–H and O–H groups in total. The second kappa shape index (κ2) is 6.96. The minimum absolute atomic E-state index is 0.0757. The van der Waals surface area contributed by atoms with E-state index in [0.29, 0.717) is 18.9 Å². The van der Waals surface area contributed by atoms with Crippen LogP contribution in [0.15, 0.2) is 60.9 Å². The number of para-hydroxylation sites is 1.